The van der Waals surface area contributed by atoms with Crippen LogP contribution in [0.2, 0.25) is 0 Å². The Labute approximate surface area is 81.9 Å². The number of likely N-dealkylation sites (N-methyl/N-ethyl adjacent to an activating group) is 1. The van der Waals surface area contributed by atoms with Crippen molar-refractivity contribution >= 4 is 5.97 Å². The number of carbonyl (C=O) groups is 1. The molecule has 0 bridgehead atoms. The van der Waals surface area contributed by atoms with E-state index in [1.54, 1.807) is 0 Å². The summed E-state index contributed by atoms with van der Waals surface area (Å²) in [4.78, 5) is 12.4. The highest BCUT2D eigenvalue weighted by atomic mass is 16.6. The van der Waals surface area contributed by atoms with Crippen LogP contribution in [0.25, 0.3) is 0 Å². The molecule has 0 aliphatic carbocycles. The number of ether oxygens (including phenoxy) is 1. The van der Waals surface area contributed by atoms with Crippen molar-refractivity contribution in [3.05, 3.63) is 17.9 Å². The molecule has 0 amide bonds. The van der Waals surface area contributed by atoms with Crippen molar-refractivity contribution in [3.63, 3.8) is 0 Å². The number of aromatic carboxylic acids is 1. The molecule has 1 N–H and O–H groups in total. The van der Waals surface area contributed by atoms with E-state index in [0.29, 0.717) is 6.61 Å². The quantitative estimate of drug-likeness (QED) is 0.763. The second kappa shape index (κ2) is 4.66. The van der Waals surface area contributed by atoms with Crippen molar-refractivity contribution in [3.8, 4) is 5.95 Å². The molecule has 0 aliphatic heterocycles. The zero-order valence-corrected chi connectivity index (χ0v) is 8.19. The molecule has 0 saturated carbocycles. The molecule has 1 aromatic heterocycles. The highest BCUT2D eigenvalue weighted by molar-refractivity contribution is 5.84. The second-order valence-corrected chi connectivity index (χ2v) is 3.08. The summed E-state index contributed by atoms with van der Waals surface area (Å²) >= 11 is 0. The van der Waals surface area contributed by atoms with E-state index in [4.69, 9.17) is 14.3 Å². The Morgan fingerprint density at radius 3 is 2.79 bits per heavy atom. The summed E-state index contributed by atoms with van der Waals surface area (Å²) in [6.45, 7) is 1.22. The van der Waals surface area contributed by atoms with Crippen LogP contribution in [0, 0.1) is 0 Å². The van der Waals surface area contributed by atoms with Crippen molar-refractivity contribution in [1.29, 1.82) is 0 Å². The molecule has 0 radical (unpaired) electrons. The number of rotatable bonds is 5. The van der Waals surface area contributed by atoms with E-state index in [-0.39, 0.29) is 11.7 Å². The van der Waals surface area contributed by atoms with Crippen molar-refractivity contribution in [2.24, 2.45) is 0 Å². The third-order valence-electron chi connectivity index (χ3n) is 1.57. The Hall–Kier alpha value is -1.49. The molecule has 0 aliphatic rings. The molecule has 5 heteroatoms. The van der Waals surface area contributed by atoms with Crippen LogP contribution in [0.3, 0.4) is 0 Å². The molecule has 14 heavy (non-hydrogen) atoms. The lowest BCUT2D eigenvalue weighted by Gasteiger charge is -2.08. The summed E-state index contributed by atoms with van der Waals surface area (Å²) in [5.74, 6) is -0.957. The van der Waals surface area contributed by atoms with Gasteiger partial charge >= 0.3 is 5.97 Å². The summed E-state index contributed by atoms with van der Waals surface area (Å²) in [6, 6.07) is 2.87. The number of hydrogen-bond donors (Lipinski definition) is 1. The van der Waals surface area contributed by atoms with E-state index < -0.39 is 5.97 Å². The SMILES string of the molecule is CN(C)CCOc1ccc(C(=O)O)o1. The van der Waals surface area contributed by atoms with Gasteiger partial charge in [-0.15, -0.1) is 0 Å². The molecule has 1 heterocycles. The third-order valence-corrected chi connectivity index (χ3v) is 1.57. The summed E-state index contributed by atoms with van der Waals surface area (Å²) < 4.78 is 10.1. The van der Waals surface area contributed by atoms with Gasteiger partial charge in [-0.2, -0.15) is 0 Å². The van der Waals surface area contributed by atoms with Gasteiger partial charge in [-0.25, -0.2) is 4.79 Å². The third kappa shape index (κ3) is 3.10. The fourth-order valence-electron chi connectivity index (χ4n) is 0.841. The predicted molar refractivity (Wildman–Crippen MR) is 49.7 cm³/mol. The largest absolute Gasteiger partial charge is 0.475 e. The summed E-state index contributed by atoms with van der Waals surface area (Å²) in [5.41, 5.74) is 0. The smallest absolute Gasteiger partial charge is 0.371 e. The summed E-state index contributed by atoms with van der Waals surface area (Å²) in [7, 11) is 3.85. The van der Waals surface area contributed by atoms with Crippen molar-refractivity contribution < 1.29 is 19.1 Å². The minimum Gasteiger partial charge on any atom is -0.475 e. The number of carboxylic acid groups (broad SMARTS) is 1. The minimum absolute atomic E-state index is 0.107. The molecule has 1 rings (SSSR count). The second-order valence-electron chi connectivity index (χ2n) is 3.08. The van der Waals surface area contributed by atoms with Gasteiger partial charge in [0.05, 0.1) is 0 Å². The Balaban J connectivity index is 2.40. The maximum atomic E-state index is 10.4. The average Bonchev–Trinajstić information content (AvgIpc) is 2.52. The lowest BCUT2D eigenvalue weighted by Crippen LogP contribution is -2.19. The Morgan fingerprint density at radius 2 is 2.29 bits per heavy atom. The van der Waals surface area contributed by atoms with Gasteiger partial charge in [0.15, 0.2) is 0 Å². The molecule has 5 nitrogen and oxygen atoms in total. The van der Waals surface area contributed by atoms with Crippen LogP contribution in [-0.4, -0.2) is 43.2 Å². The van der Waals surface area contributed by atoms with Crippen LogP contribution < -0.4 is 4.74 Å². The van der Waals surface area contributed by atoms with Gasteiger partial charge in [0.25, 0.3) is 5.95 Å². The molecule has 0 unspecified atom stereocenters. The molecule has 0 aromatic carbocycles. The fraction of sp³-hybridized carbons (Fsp3) is 0.444. The molecule has 78 valence electrons. The Kier molecular flexibility index (Phi) is 3.53. The van der Waals surface area contributed by atoms with Gasteiger partial charge in [0, 0.05) is 12.6 Å². The van der Waals surface area contributed by atoms with E-state index in [0.717, 1.165) is 6.54 Å². The predicted octanol–water partition coefficient (Wildman–Crippen LogP) is 0.918. The molecule has 1 aromatic rings. The van der Waals surface area contributed by atoms with Gasteiger partial charge in [-0.1, -0.05) is 0 Å². The van der Waals surface area contributed by atoms with Gasteiger partial charge in [0.2, 0.25) is 5.76 Å². The Morgan fingerprint density at radius 1 is 1.57 bits per heavy atom. The Bertz CT molecular complexity index is 306. The maximum Gasteiger partial charge on any atom is 0.371 e. The van der Waals surface area contributed by atoms with Gasteiger partial charge in [-0.05, 0) is 20.2 Å². The first kappa shape index (κ1) is 10.6. The first-order valence-corrected chi connectivity index (χ1v) is 4.20. The minimum atomic E-state index is -1.09. The van der Waals surface area contributed by atoms with Crippen molar-refractivity contribution in [2.75, 3.05) is 27.2 Å². The zero-order valence-electron chi connectivity index (χ0n) is 8.19. The van der Waals surface area contributed by atoms with E-state index in [9.17, 15) is 4.79 Å². The van der Waals surface area contributed by atoms with Crippen LogP contribution in [0.5, 0.6) is 5.95 Å². The van der Waals surface area contributed by atoms with Crippen LogP contribution in [0.4, 0.5) is 0 Å². The number of furan rings is 1. The highest BCUT2D eigenvalue weighted by Gasteiger charge is 2.09. The molecule has 0 spiro atoms. The lowest BCUT2D eigenvalue weighted by molar-refractivity contribution is 0.0653. The van der Waals surface area contributed by atoms with Crippen LogP contribution in [-0.2, 0) is 0 Å². The molecular weight excluding hydrogens is 186 g/mol. The van der Waals surface area contributed by atoms with Crippen molar-refractivity contribution in [1.82, 2.24) is 4.90 Å². The van der Waals surface area contributed by atoms with E-state index in [1.807, 2.05) is 19.0 Å². The number of hydrogen-bond acceptors (Lipinski definition) is 4. The normalized spacial score (nSPS) is 10.5. The fourth-order valence-corrected chi connectivity index (χ4v) is 0.841. The monoisotopic (exact) mass is 199 g/mol. The summed E-state index contributed by atoms with van der Waals surface area (Å²) in [6.07, 6.45) is 0. The van der Waals surface area contributed by atoms with Crippen LogP contribution >= 0.6 is 0 Å². The molecule has 0 saturated heterocycles. The van der Waals surface area contributed by atoms with Crippen LogP contribution in [0.1, 0.15) is 10.6 Å². The van der Waals surface area contributed by atoms with E-state index >= 15 is 0 Å². The molecular formula is C9H13NO4. The molecule has 0 fully saturated rings. The van der Waals surface area contributed by atoms with Gasteiger partial charge in [-0.3, -0.25) is 0 Å². The highest BCUT2D eigenvalue weighted by Crippen LogP contribution is 2.15. The lowest BCUT2D eigenvalue weighted by atomic mass is 10.5. The zero-order chi connectivity index (χ0) is 10.6. The first-order chi connectivity index (χ1) is 6.59. The van der Waals surface area contributed by atoms with E-state index in [1.165, 1.54) is 12.1 Å². The van der Waals surface area contributed by atoms with Crippen molar-refractivity contribution in [2.45, 2.75) is 0 Å². The average molecular weight is 199 g/mol. The van der Waals surface area contributed by atoms with E-state index in [2.05, 4.69) is 0 Å². The maximum absolute atomic E-state index is 10.4. The number of nitrogens with zero attached hydrogens (tertiary/aromatic N) is 1. The molecule has 0 atom stereocenters. The van der Waals surface area contributed by atoms with Crippen LogP contribution in [0.15, 0.2) is 16.5 Å². The standard InChI is InChI=1S/C9H13NO4/c1-10(2)5-6-13-8-4-3-7(14-8)9(11)12/h3-4H,5-6H2,1-2H3,(H,11,12). The number of carboxylic acids is 1. The topological polar surface area (TPSA) is 62.9 Å². The summed E-state index contributed by atoms with van der Waals surface area (Å²) in [5, 5.41) is 8.55. The van der Waals surface area contributed by atoms with Gasteiger partial charge < -0.3 is 19.2 Å². The first-order valence-electron chi connectivity index (χ1n) is 4.20. The van der Waals surface area contributed by atoms with Gasteiger partial charge in [0.1, 0.15) is 6.61 Å².